The van der Waals surface area contributed by atoms with Crippen molar-refractivity contribution in [1.82, 2.24) is 19.4 Å². The third-order valence-corrected chi connectivity index (χ3v) is 5.12. The van der Waals surface area contributed by atoms with Crippen LogP contribution in [-0.4, -0.2) is 57.3 Å². The van der Waals surface area contributed by atoms with Crippen molar-refractivity contribution in [1.29, 1.82) is 0 Å². The average Bonchev–Trinajstić information content (AvgIpc) is 3.42. The van der Waals surface area contributed by atoms with Gasteiger partial charge in [0.05, 0.1) is 0 Å². The van der Waals surface area contributed by atoms with Crippen molar-refractivity contribution in [2.45, 2.75) is 32.2 Å². The largest absolute Gasteiger partial charge is 0.340 e. The van der Waals surface area contributed by atoms with E-state index in [1.54, 1.807) is 6.07 Å². The lowest BCUT2D eigenvalue weighted by atomic mass is 10.2. The minimum atomic E-state index is -0.0515. The zero-order valence-electron chi connectivity index (χ0n) is 15.1. The van der Waals surface area contributed by atoms with Crippen molar-refractivity contribution in [2.75, 3.05) is 26.2 Å². The van der Waals surface area contributed by atoms with Crippen LogP contribution in [0.2, 0.25) is 0 Å². The third kappa shape index (κ3) is 3.36. The van der Waals surface area contributed by atoms with Gasteiger partial charge in [-0.25, -0.2) is 4.98 Å². The van der Waals surface area contributed by atoms with Crippen LogP contribution in [0.3, 0.4) is 0 Å². The van der Waals surface area contributed by atoms with E-state index >= 15 is 0 Å². The van der Waals surface area contributed by atoms with Crippen molar-refractivity contribution >= 4 is 11.8 Å². The van der Waals surface area contributed by atoms with Crippen LogP contribution in [0, 0.1) is 6.92 Å². The Kier molecular flexibility index (Phi) is 4.49. The first-order valence-corrected chi connectivity index (χ1v) is 9.32. The zero-order valence-corrected chi connectivity index (χ0v) is 15.1. The molecule has 0 N–H and O–H groups in total. The van der Waals surface area contributed by atoms with Crippen LogP contribution in [0.25, 0.3) is 0 Å². The second kappa shape index (κ2) is 6.94. The van der Waals surface area contributed by atoms with E-state index in [1.165, 1.54) is 0 Å². The number of amides is 2. The number of pyridine rings is 1. The van der Waals surface area contributed by atoms with E-state index in [2.05, 4.69) is 9.55 Å². The molecule has 1 saturated heterocycles. The van der Waals surface area contributed by atoms with Gasteiger partial charge in [-0.2, -0.15) is 0 Å². The Labute approximate surface area is 153 Å². The molecular formula is C20H24N4O2. The van der Waals surface area contributed by atoms with Crippen molar-refractivity contribution in [2.24, 2.45) is 0 Å². The number of aromatic nitrogens is 2. The molecule has 0 bridgehead atoms. The number of carbonyl (C=O) groups excluding carboxylic acids is 2. The van der Waals surface area contributed by atoms with Gasteiger partial charge in [0.1, 0.15) is 11.4 Å². The number of aryl methyl sites for hydroxylation is 1. The van der Waals surface area contributed by atoms with E-state index in [9.17, 15) is 9.59 Å². The van der Waals surface area contributed by atoms with Crippen LogP contribution in [-0.2, 0) is 0 Å². The summed E-state index contributed by atoms with van der Waals surface area (Å²) in [5.41, 5.74) is 2.09. The second-order valence-corrected chi connectivity index (χ2v) is 7.13. The van der Waals surface area contributed by atoms with Crippen LogP contribution in [0.1, 0.15) is 52.0 Å². The molecule has 0 unspecified atom stereocenters. The minimum Gasteiger partial charge on any atom is -0.340 e. The van der Waals surface area contributed by atoms with Gasteiger partial charge in [-0.15, -0.1) is 0 Å². The molecular weight excluding hydrogens is 328 g/mol. The highest BCUT2D eigenvalue weighted by molar-refractivity contribution is 5.94. The van der Waals surface area contributed by atoms with Gasteiger partial charge in [0, 0.05) is 44.1 Å². The first kappa shape index (κ1) is 16.8. The van der Waals surface area contributed by atoms with Crippen LogP contribution in [0.5, 0.6) is 0 Å². The molecule has 0 spiro atoms. The maximum absolute atomic E-state index is 12.9. The summed E-state index contributed by atoms with van der Waals surface area (Å²) in [6.07, 6.45) is 5.09. The predicted molar refractivity (Wildman–Crippen MR) is 98.1 cm³/mol. The molecule has 0 aromatic carbocycles. The molecule has 1 aliphatic carbocycles. The van der Waals surface area contributed by atoms with Gasteiger partial charge in [-0.3, -0.25) is 9.59 Å². The van der Waals surface area contributed by atoms with E-state index in [1.807, 2.05) is 47.2 Å². The second-order valence-electron chi connectivity index (χ2n) is 7.13. The maximum Gasteiger partial charge on any atom is 0.272 e. The molecule has 0 atom stereocenters. The lowest BCUT2D eigenvalue weighted by Gasteiger charge is -2.22. The van der Waals surface area contributed by atoms with E-state index in [4.69, 9.17) is 0 Å². The molecule has 136 valence electrons. The molecule has 3 heterocycles. The first-order chi connectivity index (χ1) is 12.6. The van der Waals surface area contributed by atoms with Gasteiger partial charge >= 0.3 is 0 Å². The maximum atomic E-state index is 12.9. The topological polar surface area (TPSA) is 58.4 Å². The number of hydrogen-bond acceptors (Lipinski definition) is 3. The Bertz CT molecular complexity index is 825. The molecule has 2 aromatic rings. The summed E-state index contributed by atoms with van der Waals surface area (Å²) in [4.78, 5) is 33.7. The van der Waals surface area contributed by atoms with Crippen LogP contribution >= 0.6 is 0 Å². The van der Waals surface area contributed by atoms with Crippen molar-refractivity contribution < 1.29 is 9.59 Å². The third-order valence-electron chi connectivity index (χ3n) is 5.12. The summed E-state index contributed by atoms with van der Waals surface area (Å²) in [5.74, 6) is 0.0224. The van der Waals surface area contributed by atoms with E-state index in [0.29, 0.717) is 37.9 Å². The predicted octanol–water partition coefficient (Wildman–Crippen LogP) is 2.51. The summed E-state index contributed by atoms with van der Waals surface area (Å²) >= 11 is 0. The number of carbonyl (C=O) groups is 2. The molecule has 2 amide bonds. The quantitative estimate of drug-likeness (QED) is 0.853. The van der Waals surface area contributed by atoms with Crippen LogP contribution < -0.4 is 0 Å². The Morgan fingerprint density at radius 2 is 1.69 bits per heavy atom. The highest BCUT2D eigenvalue weighted by atomic mass is 16.2. The SMILES string of the molecule is Cc1cccc(C(=O)N2CCCN(C(=O)c3cccn3C3CC3)CC2)n1. The lowest BCUT2D eigenvalue weighted by molar-refractivity contribution is 0.0710. The van der Waals surface area contributed by atoms with Gasteiger partial charge in [0.15, 0.2) is 0 Å². The van der Waals surface area contributed by atoms with E-state index < -0.39 is 0 Å². The monoisotopic (exact) mass is 352 g/mol. The summed E-state index contributed by atoms with van der Waals surface area (Å²) in [6, 6.07) is 9.84. The highest BCUT2D eigenvalue weighted by Crippen LogP contribution is 2.36. The summed E-state index contributed by atoms with van der Waals surface area (Å²) in [5, 5.41) is 0. The Hall–Kier alpha value is -2.63. The molecule has 2 fully saturated rings. The minimum absolute atomic E-state index is 0.0515. The van der Waals surface area contributed by atoms with Gasteiger partial charge in [-0.1, -0.05) is 6.07 Å². The Balaban J connectivity index is 1.44. The molecule has 2 aliphatic rings. The van der Waals surface area contributed by atoms with Crippen molar-refractivity contribution in [3.05, 3.63) is 53.6 Å². The van der Waals surface area contributed by atoms with Crippen LogP contribution in [0.4, 0.5) is 0 Å². The van der Waals surface area contributed by atoms with Crippen molar-refractivity contribution in [3.8, 4) is 0 Å². The molecule has 1 aliphatic heterocycles. The van der Waals surface area contributed by atoms with Crippen LogP contribution in [0.15, 0.2) is 36.5 Å². The molecule has 6 heteroatoms. The standard InChI is InChI=1S/C20H24N4O2/c1-15-5-2-6-17(21-15)19(25)22-10-4-11-23(14-13-22)20(26)18-7-3-12-24(18)16-8-9-16/h2-3,5-7,12,16H,4,8-11,13-14H2,1H3. The summed E-state index contributed by atoms with van der Waals surface area (Å²) in [7, 11) is 0. The Morgan fingerprint density at radius 1 is 0.962 bits per heavy atom. The van der Waals surface area contributed by atoms with Gasteiger partial charge in [0.2, 0.25) is 0 Å². The van der Waals surface area contributed by atoms with E-state index in [0.717, 1.165) is 30.7 Å². The fourth-order valence-electron chi connectivity index (χ4n) is 3.56. The molecule has 0 radical (unpaired) electrons. The van der Waals surface area contributed by atoms with Gasteiger partial charge < -0.3 is 14.4 Å². The first-order valence-electron chi connectivity index (χ1n) is 9.32. The average molecular weight is 352 g/mol. The summed E-state index contributed by atoms with van der Waals surface area (Å²) in [6.45, 7) is 4.33. The smallest absolute Gasteiger partial charge is 0.272 e. The fraction of sp³-hybridized carbons (Fsp3) is 0.450. The Morgan fingerprint density at radius 3 is 2.38 bits per heavy atom. The molecule has 26 heavy (non-hydrogen) atoms. The molecule has 1 saturated carbocycles. The molecule has 2 aromatic heterocycles. The van der Waals surface area contributed by atoms with Gasteiger partial charge in [0.25, 0.3) is 11.8 Å². The fourth-order valence-corrected chi connectivity index (χ4v) is 3.56. The summed E-state index contributed by atoms with van der Waals surface area (Å²) < 4.78 is 2.10. The number of nitrogens with zero attached hydrogens (tertiary/aromatic N) is 4. The lowest BCUT2D eigenvalue weighted by Crippen LogP contribution is -2.38. The van der Waals surface area contributed by atoms with Crippen molar-refractivity contribution in [3.63, 3.8) is 0 Å². The van der Waals surface area contributed by atoms with E-state index in [-0.39, 0.29) is 11.8 Å². The number of hydrogen-bond donors (Lipinski definition) is 0. The molecule has 6 nitrogen and oxygen atoms in total. The normalized spacial score (nSPS) is 17.9. The zero-order chi connectivity index (χ0) is 18.1. The highest BCUT2D eigenvalue weighted by Gasteiger charge is 2.30. The number of rotatable bonds is 3. The van der Waals surface area contributed by atoms with Gasteiger partial charge in [-0.05, 0) is 50.5 Å². The molecule has 4 rings (SSSR count).